The van der Waals surface area contributed by atoms with E-state index in [-0.39, 0.29) is 0 Å². The van der Waals surface area contributed by atoms with Crippen LogP contribution in [-0.2, 0) is 17.4 Å². The molecule has 0 aliphatic rings. The Balaban J connectivity index is 1.92. The van der Waals surface area contributed by atoms with Crippen molar-refractivity contribution in [2.24, 2.45) is 0 Å². The summed E-state index contributed by atoms with van der Waals surface area (Å²) < 4.78 is 1.56. The smallest absolute Gasteiger partial charge is 0.261 e. The summed E-state index contributed by atoms with van der Waals surface area (Å²) in [7, 11) is 2.75. The van der Waals surface area contributed by atoms with Gasteiger partial charge in [-0.25, -0.2) is 4.67 Å². The van der Waals surface area contributed by atoms with E-state index in [0.29, 0.717) is 6.54 Å². The number of rotatable bonds is 6. The lowest BCUT2D eigenvalue weighted by atomic mass is 10.1. The summed E-state index contributed by atoms with van der Waals surface area (Å²) in [6.45, 7) is -2.78. The van der Waals surface area contributed by atoms with Crippen molar-refractivity contribution in [3.05, 3.63) is 66.2 Å². The van der Waals surface area contributed by atoms with Crippen LogP contribution in [0.25, 0.3) is 0 Å². The Hall–Kier alpha value is -1.03. The van der Waals surface area contributed by atoms with Gasteiger partial charge in [-0.1, -0.05) is 48.5 Å². The largest absolute Gasteiger partial charge is 0.752 e. The molecular formula is C16H20NO2PS. The Kier molecular flexibility index (Phi) is 6.09. The molecule has 1 unspecified atom stereocenters. The van der Waals surface area contributed by atoms with E-state index in [1.54, 1.807) is 11.7 Å². The lowest BCUT2D eigenvalue weighted by Crippen LogP contribution is -2.24. The quantitative estimate of drug-likeness (QED) is 0.657. The molecule has 0 aromatic heterocycles. The SMILES string of the molecule is CN(CCCc1ccccc1)P([O-])(O)=[S+]c1ccccc1. The summed E-state index contributed by atoms with van der Waals surface area (Å²) in [5.41, 5.74) is 1.26. The molecule has 2 aromatic rings. The monoisotopic (exact) mass is 321 g/mol. The third kappa shape index (κ3) is 5.34. The van der Waals surface area contributed by atoms with E-state index < -0.39 is 6.64 Å². The second kappa shape index (κ2) is 7.83. The maximum absolute atomic E-state index is 12.4. The van der Waals surface area contributed by atoms with Gasteiger partial charge in [0.1, 0.15) is 0 Å². The molecule has 0 radical (unpaired) electrons. The topological polar surface area (TPSA) is 46.5 Å². The highest BCUT2D eigenvalue weighted by atomic mass is 32.5. The molecule has 3 nitrogen and oxygen atoms in total. The average Bonchev–Trinajstić information content (AvgIpc) is 2.49. The molecule has 0 amide bonds. The molecule has 1 atom stereocenters. The highest BCUT2D eigenvalue weighted by Crippen LogP contribution is 2.38. The summed E-state index contributed by atoms with van der Waals surface area (Å²) >= 11 is 0. The van der Waals surface area contributed by atoms with Crippen LogP contribution in [0.2, 0.25) is 0 Å². The molecular weight excluding hydrogens is 301 g/mol. The normalized spacial score (nSPS) is 13.9. The van der Waals surface area contributed by atoms with Crippen molar-refractivity contribution in [2.45, 2.75) is 17.7 Å². The molecule has 0 bridgehead atoms. The summed E-state index contributed by atoms with van der Waals surface area (Å²) in [4.78, 5) is 23.4. The van der Waals surface area contributed by atoms with Gasteiger partial charge in [0.05, 0.1) is 0 Å². The van der Waals surface area contributed by atoms with Crippen LogP contribution in [0.5, 0.6) is 0 Å². The summed E-state index contributed by atoms with van der Waals surface area (Å²) in [5.74, 6) is 0. The third-order valence-corrected chi connectivity index (χ3v) is 7.15. The molecule has 0 aliphatic heterocycles. The van der Waals surface area contributed by atoms with Gasteiger partial charge in [-0.3, -0.25) is 0 Å². The summed E-state index contributed by atoms with van der Waals surface area (Å²) in [6, 6.07) is 19.5. The van der Waals surface area contributed by atoms with Crippen molar-refractivity contribution < 1.29 is 9.79 Å². The first-order chi connectivity index (χ1) is 10.1. The van der Waals surface area contributed by atoms with Crippen molar-refractivity contribution in [1.82, 2.24) is 4.67 Å². The van der Waals surface area contributed by atoms with Crippen molar-refractivity contribution >= 4 is 17.6 Å². The van der Waals surface area contributed by atoms with E-state index in [1.165, 1.54) is 5.56 Å². The van der Waals surface area contributed by atoms with Gasteiger partial charge in [-0.15, -0.1) is 0 Å². The molecule has 0 fully saturated rings. The van der Waals surface area contributed by atoms with Crippen LogP contribution in [0, 0.1) is 0 Å². The maximum atomic E-state index is 12.4. The van der Waals surface area contributed by atoms with Gasteiger partial charge < -0.3 is 9.79 Å². The average molecular weight is 321 g/mol. The Morgan fingerprint density at radius 2 is 1.62 bits per heavy atom. The first-order valence-corrected chi connectivity index (χ1v) is 9.94. The molecule has 0 saturated heterocycles. The Morgan fingerprint density at radius 1 is 1.05 bits per heavy atom. The Morgan fingerprint density at radius 3 is 2.24 bits per heavy atom. The van der Waals surface area contributed by atoms with Crippen molar-refractivity contribution in [3.8, 4) is 0 Å². The molecule has 0 spiro atoms. The zero-order chi connectivity index (χ0) is 15.1. The molecule has 21 heavy (non-hydrogen) atoms. The van der Waals surface area contributed by atoms with Crippen LogP contribution in [-0.4, -0.2) is 23.2 Å². The lowest BCUT2D eigenvalue weighted by Gasteiger charge is -2.25. The van der Waals surface area contributed by atoms with E-state index in [1.807, 2.05) is 48.5 Å². The second-order valence-corrected chi connectivity index (χ2v) is 9.16. The summed E-state index contributed by atoms with van der Waals surface area (Å²) in [6.07, 6.45) is 1.78. The minimum Gasteiger partial charge on any atom is -0.752 e. The van der Waals surface area contributed by atoms with E-state index in [0.717, 1.165) is 28.7 Å². The first kappa shape index (κ1) is 16.3. The standard InChI is InChI=1S/C16H20NO2PS/c1-17(14-8-11-15-9-4-2-5-10-15)20(18,19)21-16-12-6-3-7-13-16/h2-7,9-10,12-13H,8,11,14H2,1H3,(H-,18,19). The number of hydrogen-bond donors (Lipinski definition) is 1. The van der Waals surface area contributed by atoms with Crippen LogP contribution >= 0.6 is 6.64 Å². The molecule has 112 valence electrons. The minimum absolute atomic E-state index is 0.600. The lowest BCUT2D eigenvalue weighted by molar-refractivity contribution is -0.189. The molecule has 2 aromatic carbocycles. The van der Waals surface area contributed by atoms with Gasteiger partial charge in [0.2, 0.25) is 15.8 Å². The van der Waals surface area contributed by atoms with E-state index >= 15 is 0 Å². The predicted octanol–water partition coefficient (Wildman–Crippen LogP) is 2.72. The number of hydrogen-bond acceptors (Lipinski definition) is 1. The molecule has 1 N–H and O–H groups in total. The fourth-order valence-electron chi connectivity index (χ4n) is 1.97. The predicted molar refractivity (Wildman–Crippen MR) is 88.6 cm³/mol. The van der Waals surface area contributed by atoms with Crippen LogP contribution < -0.4 is 4.89 Å². The van der Waals surface area contributed by atoms with Gasteiger partial charge >= 0.3 is 0 Å². The third-order valence-electron chi connectivity index (χ3n) is 3.19. The number of nitrogens with zero attached hydrogens (tertiary/aromatic N) is 1. The van der Waals surface area contributed by atoms with Gasteiger partial charge in [0.15, 0.2) is 0 Å². The fourth-order valence-corrected chi connectivity index (χ4v) is 4.91. The van der Waals surface area contributed by atoms with Crippen LogP contribution in [0.3, 0.4) is 0 Å². The van der Waals surface area contributed by atoms with Crippen LogP contribution in [0.15, 0.2) is 65.6 Å². The zero-order valence-corrected chi connectivity index (χ0v) is 13.8. The highest BCUT2D eigenvalue weighted by molar-refractivity contribution is 8.17. The summed E-state index contributed by atoms with van der Waals surface area (Å²) in [5, 5.41) is 0. The second-order valence-electron chi connectivity index (χ2n) is 4.87. The molecule has 0 aliphatic carbocycles. The van der Waals surface area contributed by atoms with E-state index in [9.17, 15) is 9.79 Å². The molecule has 0 heterocycles. The molecule has 2 rings (SSSR count). The first-order valence-electron chi connectivity index (χ1n) is 6.91. The minimum atomic E-state index is -3.38. The zero-order valence-electron chi connectivity index (χ0n) is 12.1. The fraction of sp³-hybridized carbons (Fsp3) is 0.250. The Labute approximate surface area is 130 Å². The number of benzene rings is 2. The van der Waals surface area contributed by atoms with Crippen molar-refractivity contribution in [3.63, 3.8) is 0 Å². The van der Waals surface area contributed by atoms with Gasteiger partial charge in [-0.2, -0.15) is 0 Å². The maximum Gasteiger partial charge on any atom is 0.261 e. The van der Waals surface area contributed by atoms with E-state index in [2.05, 4.69) is 12.1 Å². The van der Waals surface area contributed by atoms with Crippen LogP contribution in [0.1, 0.15) is 12.0 Å². The van der Waals surface area contributed by atoms with Gasteiger partial charge in [-0.05, 0) is 25.5 Å². The molecule has 0 saturated carbocycles. The van der Waals surface area contributed by atoms with Crippen molar-refractivity contribution in [1.29, 1.82) is 0 Å². The van der Waals surface area contributed by atoms with Crippen molar-refractivity contribution in [2.75, 3.05) is 13.6 Å². The van der Waals surface area contributed by atoms with Gasteiger partial charge in [0, 0.05) is 18.7 Å². The number of aryl methyl sites for hydroxylation is 1. The Bertz CT molecular complexity index is 598. The highest BCUT2D eigenvalue weighted by Gasteiger charge is 2.20. The molecule has 5 heteroatoms. The van der Waals surface area contributed by atoms with Gasteiger partial charge in [0.25, 0.3) is 6.64 Å². The van der Waals surface area contributed by atoms with Crippen LogP contribution in [0.4, 0.5) is 0 Å². The van der Waals surface area contributed by atoms with E-state index in [4.69, 9.17) is 0 Å².